The smallest absolute Gasteiger partial charge is 0.226 e. The molecule has 23 heavy (non-hydrogen) atoms. The van der Waals surface area contributed by atoms with Crippen molar-refractivity contribution in [3.63, 3.8) is 0 Å². The number of thiophene rings is 1. The number of halogens is 2. The van der Waals surface area contributed by atoms with Crippen LogP contribution in [0.1, 0.15) is 25.5 Å². The standard InChI is InChI=1S/C15H19N3OS2.2ClH/c1-15(9-16,10-4-5-10)18-13(19)7-11-8-21-14(17-11)12-3-2-6-20-12;;/h2-3,6,8,10H,4-5,7,9,16H2,1H3,(H,18,19);2*1H. The Labute approximate surface area is 156 Å². The molecule has 2 heterocycles. The van der Waals surface area contributed by atoms with Crippen molar-refractivity contribution in [2.24, 2.45) is 11.7 Å². The monoisotopic (exact) mass is 393 g/mol. The quantitative estimate of drug-likeness (QED) is 0.788. The highest BCUT2D eigenvalue weighted by Crippen LogP contribution is 2.39. The molecule has 3 N–H and O–H groups in total. The predicted molar refractivity (Wildman–Crippen MR) is 102 cm³/mol. The maximum atomic E-state index is 12.2. The van der Waals surface area contributed by atoms with E-state index in [0.717, 1.165) is 28.4 Å². The molecule has 1 aliphatic rings. The van der Waals surface area contributed by atoms with Gasteiger partial charge in [-0.15, -0.1) is 47.5 Å². The molecule has 3 rings (SSSR count). The first-order valence-corrected chi connectivity index (χ1v) is 8.86. The second-order valence-electron chi connectivity index (χ2n) is 5.74. The first-order valence-electron chi connectivity index (χ1n) is 7.10. The van der Waals surface area contributed by atoms with Gasteiger partial charge in [0, 0.05) is 11.9 Å². The summed E-state index contributed by atoms with van der Waals surface area (Å²) >= 11 is 3.25. The van der Waals surface area contributed by atoms with Crippen molar-refractivity contribution < 1.29 is 4.79 Å². The molecule has 8 heteroatoms. The van der Waals surface area contributed by atoms with E-state index in [9.17, 15) is 4.79 Å². The van der Waals surface area contributed by atoms with Crippen molar-refractivity contribution in [3.8, 4) is 9.88 Å². The van der Waals surface area contributed by atoms with Gasteiger partial charge < -0.3 is 11.1 Å². The number of aromatic nitrogens is 1. The minimum atomic E-state index is -0.260. The Bertz CT molecular complexity index is 628. The van der Waals surface area contributed by atoms with Crippen LogP contribution in [0.2, 0.25) is 0 Å². The number of carbonyl (C=O) groups is 1. The molecule has 1 saturated carbocycles. The first kappa shape index (κ1) is 20.4. The van der Waals surface area contributed by atoms with Gasteiger partial charge in [-0.25, -0.2) is 4.98 Å². The largest absolute Gasteiger partial charge is 0.349 e. The Morgan fingerprint density at radius 3 is 2.74 bits per heavy atom. The minimum absolute atomic E-state index is 0. The average molecular weight is 394 g/mol. The van der Waals surface area contributed by atoms with Crippen LogP contribution in [-0.2, 0) is 11.2 Å². The molecule has 2 aromatic heterocycles. The fourth-order valence-corrected chi connectivity index (χ4v) is 4.10. The Morgan fingerprint density at radius 1 is 1.43 bits per heavy atom. The van der Waals surface area contributed by atoms with Gasteiger partial charge in [0.1, 0.15) is 5.01 Å². The summed E-state index contributed by atoms with van der Waals surface area (Å²) in [5.74, 6) is 0.543. The van der Waals surface area contributed by atoms with Crippen molar-refractivity contribution in [3.05, 3.63) is 28.6 Å². The van der Waals surface area contributed by atoms with Gasteiger partial charge in [0.25, 0.3) is 0 Å². The van der Waals surface area contributed by atoms with E-state index < -0.39 is 0 Å². The molecule has 0 bridgehead atoms. The number of nitrogens with two attached hydrogens (primary N) is 1. The van der Waals surface area contributed by atoms with Crippen molar-refractivity contribution in [1.29, 1.82) is 0 Å². The first-order chi connectivity index (χ1) is 10.1. The summed E-state index contributed by atoms with van der Waals surface area (Å²) in [6.45, 7) is 2.53. The Kier molecular flexibility index (Phi) is 7.48. The molecule has 0 aliphatic heterocycles. The summed E-state index contributed by atoms with van der Waals surface area (Å²) < 4.78 is 0. The molecule has 0 radical (unpaired) electrons. The van der Waals surface area contributed by atoms with Gasteiger partial charge in [0.2, 0.25) is 5.91 Å². The van der Waals surface area contributed by atoms with Crippen LogP contribution in [0.5, 0.6) is 0 Å². The summed E-state index contributed by atoms with van der Waals surface area (Å²) in [6, 6.07) is 4.06. The third-order valence-electron chi connectivity index (χ3n) is 3.95. The van der Waals surface area contributed by atoms with Gasteiger partial charge in [0.05, 0.1) is 22.5 Å². The van der Waals surface area contributed by atoms with Gasteiger partial charge in [0.15, 0.2) is 0 Å². The van der Waals surface area contributed by atoms with Gasteiger partial charge in [-0.2, -0.15) is 0 Å². The number of amides is 1. The summed E-state index contributed by atoms with van der Waals surface area (Å²) in [7, 11) is 0. The molecule has 1 unspecified atom stereocenters. The molecule has 1 fully saturated rings. The molecular formula is C15H21Cl2N3OS2. The van der Waals surface area contributed by atoms with E-state index in [1.165, 1.54) is 0 Å². The van der Waals surface area contributed by atoms with Crippen molar-refractivity contribution >= 4 is 53.4 Å². The molecule has 128 valence electrons. The molecule has 2 aromatic rings. The van der Waals surface area contributed by atoms with Crippen LogP contribution in [0.3, 0.4) is 0 Å². The lowest BCUT2D eigenvalue weighted by Crippen LogP contribution is -2.53. The van der Waals surface area contributed by atoms with E-state index in [-0.39, 0.29) is 36.3 Å². The van der Waals surface area contributed by atoms with Crippen LogP contribution in [0, 0.1) is 5.92 Å². The van der Waals surface area contributed by atoms with Crippen LogP contribution in [0.15, 0.2) is 22.9 Å². The zero-order valence-corrected chi connectivity index (χ0v) is 16.0. The molecule has 1 amide bonds. The summed E-state index contributed by atoms with van der Waals surface area (Å²) in [6.07, 6.45) is 2.64. The molecular weight excluding hydrogens is 373 g/mol. The van der Waals surface area contributed by atoms with Crippen molar-refractivity contribution in [2.45, 2.75) is 31.7 Å². The van der Waals surface area contributed by atoms with E-state index in [1.807, 2.05) is 29.8 Å². The van der Waals surface area contributed by atoms with Gasteiger partial charge in [-0.05, 0) is 37.1 Å². The van der Waals surface area contributed by atoms with Crippen LogP contribution in [0.25, 0.3) is 9.88 Å². The number of carbonyl (C=O) groups excluding carboxylic acids is 1. The molecule has 0 spiro atoms. The van der Waals surface area contributed by atoms with E-state index in [4.69, 9.17) is 5.73 Å². The zero-order valence-electron chi connectivity index (χ0n) is 12.8. The number of nitrogens with zero attached hydrogens (tertiary/aromatic N) is 1. The highest BCUT2D eigenvalue weighted by molar-refractivity contribution is 7.20. The molecule has 0 aromatic carbocycles. The minimum Gasteiger partial charge on any atom is -0.349 e. The van der Waals surface area contributed by atoms with Gasteiger partial charge in [-0.3, -0.25) is 4.79 Å². The average Bonchev–Trinajstić information content (AvgIpc) is 3.00. The second-order valence-corrected chi connectivity index (χ2v) is 7.55. The number of hydrogen-bond donors (Lipinski definition) is 2. The number of nitrogens with one attached hydrogen (secondary N) is 1. The maximum absolute atomic E-state index is 12.2. The third-order valence-corrected chi connectivity index (χ3v) is 5.88. The van der Waals surface area contributed by atoms with Crippen LogP contribution >= 0.6 is 47.5 Å². The van der Waals surface area contributed by atoms with Crippen LogP contribution in [-0.4, -0.2) is 23.0 Å². The van der Waals surface area contributed by atoms with Crippen LogP contribution in [0.4, 0.5) is 0 Å². The maximum Gasteiger partial charge on any atom is 0.226 e. The Hall–Kier alpha value is -0.660. The highest BCUT2D eigenvalue weighted by atomic mass is 35.5. The van der Waals surface area contributed by atoms with E-state index in [1.54, 1.807) is 22.7 Å². The summed E-state index contributed by atoms with van der Waals surface area (Å²) in [5.41, 5.74) is 6.40. The van der Waals surface area contributed by atoms with Crippen LogP contribution < -0.4 is 11.1 Å². The van der Waals surface area contributed by atoms with Crippen molar-refractivity contribution in [2.75, 3.05) is 6.54 Å². The summed E-state index contributed by atoms with van der Waals surface area (Å²) in [5, 5.41) is 8.08. The molecule has 1 aliphatic carbocycles. The molecule has 4 nitrogen and oxygen atoms in total. The Balaban J connectivity index is 0.00000132. The van der Waals surface area contributed by atoms with E-state index in [2.05, 4.69) is 10.3 Å². The fraction of sp³-hybridized carbons (Fsp3) is 0.467. The van der Waals surface area contributed by atoms with Gasteiger partial charge in [-0.1, -0.05) is 6.07 Å². The lowest BCUT2D eigenvalue weighted by molar-refractivity contribution is -0.122. The van der Waals surface area contributed by atoms with Crippen molar-refractivity contribution in [1.82, 2.24) is 10.3 Å². The lowest BCUT2D eigenvalue weighted by atomic mass is 9.95. The summed E-state index contributed by atoms with van der Waals surface area (Å²) in [4.78, 5) is 17.9. The lowest BCUT2D eigenvalue weighted by Gasteiger charge is -2.29. The zero-order chi connectivity index (χ0) is 14.9. The molecule has 0 saturated heterocycles. The number of thiazole rings is 1. The third kappa shape index (κ3) is 4.90. The number of hydrogen-bond acceptors (Lipinski definition) is 5. The number of rotatable bonds is 6. The normalized spacial score (nSPS) is 15.9. The SMILES string of the molecule is CC(CN)(NC(=O)Cc1csc(-c2cccs2)n1)C1CC1.Cl.Cl. The highest BCUT2D eigenvalue weighted by Gasteiger charge is 2.41. The van der Waals surface area contributed by atoms with E-state index >= 15 is 0 Å². The fourth-order valence-electron chi connectivity index (χ4n) is 2.47. The molecule has 1 atom stereocenters. The predicted octanol–water partition coefficient (Wildman–Crippen LogP) is 3.50. The topological polar surface area (TPSA) is 68.0 Å². The van der Waals surface area contributed by atoms with E-state index in [0.29, 0.717) is 18.9 Å². The Morgan fingerprint density at radius 2 is 2.17 bits per heavy atom. The van der Waals surface area contributed by atoms with Gasteiger partial charge >= 0.3 is 0 Å². The second kappa shape index (κ2) is 8.44.